The summed E-state index contributed by atoms with van der Waals surface area (Å²) in [6.07, 6.45) is 6.87. The summed E-state index contributed by atoms with van der Waals surface area (Å²) in [5.41, 5.74) is 3.93. The third-order valence-electron chi connectivity index (χ3n) is 4.46. The van der Waals surface area contributed by atoms with Crippen LogP contribution in [-0.4, -0.2) is 49.3 Å². The molecule has 2 nitrogen and oxygen atoms in total. The second kappa shape index (κ2) is 7.56. The molecule has 2 aliphatic rings. The number of hydrogen-bond acceptors (Lipinski definition) is 2. The molecule has 0 bridgehead atoms. The van der Waals surface area contributed by atoms with Crippen LogP contribution in [0.25, 0.3) is 12.2 Å². The fourth-order valence-corrected chi connectivity index (χ4v) is 3.44. The van der Waals surface area contributed by atoms with Crippen molar-refractivity contribution in [2.24, 2.45) is 0 Å². The molecule has 0 aliphatic heterocycles. The van der Waals surface area contributed by atoms with Gasteiger partial charge < -0.3 is 0 Å². The van der Waals surface area contributed by atoms with E-state index in [1.165, 1.54) is 0 Å². The number of allylic oxidation sites excluding steroid dienone is 2. The first kappa shape index (κ1) is 18.8. The molecule has 0 amide bonds. The van der Waals surface area contributed by atoms with E-state index in [4.69, 9.17) is 0 Å². The van der Waals surface area contributed by atoms with Gasteiger partial charge in [-0.3, -0.25) is 9.59 Å². The van der Waals surface area contributed by atoms with Crippen LogP contribution in [-0.2, 0) is 9.59 Å². The number of rotatable bonds is 1. The van der Waals surface area contributed by atoms with E-state index in [0.29, 0.717) is 0 Å². The van der Waals surface area contributed by atoms with Crippen LogP contribution < -0.4 is 0 Å². The third-order valence-corrected chi connectivity index (χ3v) is 4.46. The molecule has 0 N–H and O–H groups in total. The molecule has 2 atom stereocenters. The van der Waals surface area contributed by atoms with Crippen molar-refractivity contribution in [2.45, 2.75) is 11.8 Å². The van der Waals surface area contributed by atoms with Crippen molar-refractivity contribution in [1.82, 2.24) is 0 Å². The van der Waals surface area contributed by atoms with E-state index in [-0.39, 0.29) is 49.3 Å². The van der Waals surface area contributed by atoms with Crippen LogP contribution in [0.4, 0.5) is 0 Å². The van der Waals surface area contributed by atoms with Crippen molar-refractivity contribution in [2.75, 3.05) is 0 Å². The average molecular weight is 302 g/mol. The molecule has 2 aromatic carbocycles. The molecule has 2 aromatic rings. The third kappa shape index (κ3) is 3.04. The second-order valence-corrected chi connectivity index (χ2v) is 5.68. The molecule has 0 saturated carbocycles. The minimum absolute atomic E-state index is 0. The van der Waals surface area contributed by atoms with Crippen molar-refractivity contribution in [3.63, 3.8) is 0 Å². The summed E-state index contributed by atoms with van der Waals surface area (Å²) in [4.78, 5) is 25.1. The summed E-state index contributed by atoms with van der Waals surface area (Å²) < 4.78 is 0. The Kier molecular flexibility index (Phi) is 5.92. The topological polar surface area (TPSA) is 34.1 Å². The SMILES string of the molecule is O=C1C=Cc2ccccc2C1C1C(=O)C=Cc2ccccc21.[LiH].[LiH]. The summed E-state index contributed by atoms with van der Waals surface area (Å²) >= 11 is 0. The predicted molar refractivity (Wildman–Crippen MR) is 101 cm³/mol. The van der Waals surface area contributed by atoms with Gasteiger partial charge in [-0.15, -0.1) is 0 Å². The first-order valence-corrected chi connectivity index (χ1v) is 7.37. The second-order valence-electron chi connectivity index (χ2n) is 5.68. The Morgan fingerprint density at radius 3 is 1.33 bits per heavy atom. The van der Waals surface area contributed by atoms with Crippen molar-refractivity contribution in [3.8, 4) is 0 Å². The molecule has 0 saturated heterocycles. The van der Waals surface area contributed by atoms with Gasteiger partial charge in [-0.2, -0.15) is 0 Å². The molecule has 4 heteroatoms. The number of carbonyl (C=O) groups is 2. The Hall–Kier alpha value is -1.55. The van der Waals surface area contributed by atoms with Crippen LogP contribution in [0.5, 0.6) is 0 Å². The van der Waals surface area contributed by atoms with Gasteiger partial charge in [0.05, 0.1) is 11.8 Å². The van der Waals surface area contributed by atoms with Crippen molar-refractivity contribution in [1.29, 1.82) is 0 Å². The van der Waals surface area contributed by atoms with Crippen LogP contribution in [0.3, 0.4) is 0 Å². The normalized spacial score (nSPS) is 20.5. The summed E-state index contributed by atoms with van der Waals surface area (Å²) in [6, 6.07) is 15.6. The summed E-state index contributed by atoms with van der Waals surface area (Å²) in [5, 5.41) is 0. The Morgan fingerprint density at radius 1 is 0.542 bits per heavy atom. The molecule has 24 heavy (non-hydrogen) atoms. The van der Waals surface area contributed by atoms with Gasteiger partial charge in [0.1, 0.15) is 0 Å². The zero-order valence-electron chi connectivity index (χ0n) is 11.9. The zero-order valence-corrected chi connectivity index (χ0v) is 11.9. The maximum absolute atomic E-state index is 12.5. The summed E-state index contributed by atoms with van der Waals surface area (Å²) in [7, 11) is 0. The van der Waals surface area contributed by atoms with Crippen LogP contribution in [0, 0.1) is 0 Å². The molecule has 0 heterocycles. The summed E-state index contributed by atoms with van der Waals surface area (Å²) in [5.74, 6) is -0.857. The van der Waals surface area contributed by atoms with Gasteiger partial charge in [-0.1, -0.05) is 60.7 Å². The van der Waals surface area contributed by atoms with Gasteiger partial charge in [-0.25, -0.2) is 0 Å². The molecular weight excluding hydrogens is 286 g/mol. The van der Waals surface area contributed by atoms with Crippen molar-refractivity contribution in [3.05, 3.63) is 82.9 Å². The van der Waals surface area contributed by atoms with Gasteiger partial charge in [0.15, 0.2) is 11.6 Å². The summed E-state index contributed by atoms with van der Waals surface area (Å²) in [6.45, 7) is 0. The van der Waals surface area contributed by atoms with Gasteiger partial charge in [0.25, 0.3) is 0 Å². The molecule has 0 radical (unpaired) electrons. The van der Waals surface area contributed by atoms with Crippen molar-refractivity contribution >= 4 is 61.4 Å². The van der Waals surface area contributed by atoms with Crippen molar-refractivity contribution < 1.29 is 9.59 Å². The van der Waals surface area contributed by atoms with E-state index in [1.54, 1.807) is 12.2 Å². The fraction of sp³-hybridized carbons (Fsp3) is 0.100. The molecule has 4 rings (SSSR count). The first-order valence-electron chi connectivity index (χ1n) is 7.37. The van der Waals surface area contributed by atoms with E-state index >= 15 is 0 Å². The van der Waals surface area contributed by atoms with E-state index in [0.717, 1.165) is 22.3 Å². The Morgan fingerprint density at radius 2 is 0.917 bits per heavy atom. The Labute approximate surface area is 165 Å². The van der Waals surface area contributed by atoms with Crippen LogP contribution in [0.1, 0.15) is 34.1 Å². The maximum atomic E-state index is 12.5. The molecule has 0 aromatic heterocycles. The van der Waals surface area contributed by atoms with Gasteiger partial charge >= 0.3 is 37.7 Å². The zero-order chi connectivity index (χ0) is 15.1. The number of ketones is 2. The fourth-order valence-electron chi connectivity index (χ4n) is 3.44. The Bertz CT molecular complexity index is 781. The monoisotopic (exact) mass is 302 g/mol. The molecule has 2 aliphatic carbocycles. The number of hydrogen-bond donors (Lipinski definition) is 0. The van der Waals surface area contributed by atoms with E-state index in [9.17, 15) is 9.59 Å². The van der Waals surface area contributed by atoms with Crippen LogP contribution in [0.15, 0.2) is 60.7 Å². The van der Waals surface area contributed by atoms with E-state index < -0.39 is 11.8 Å². The minimum atomic E-state index is -0.431. The molecule has 0 spiro atoms. The van der Waals surface area contributed by atoms with Gasteiger partial charge in [-0.05, 0) is 34.4 Å². The molecule has 0 fully saturated rings. The number of fused-ring (bicyclic) bond motifs is 2. The predicted octanol–water partition coefficient (Wildman–Crippen LogP) is 2.45. The average Bonchev–Trinajstić information content (AvgIpc) is 2.56. The Balaban J connectivity index is 0.00000104. The van der Waals surface area contributed by atoms with Gasteiger partial charge in [0, 0.05) is 0 Å². The number of benzene rings is 2. The molecule has 2 unspecified atom stereocenters. The van der Waals surface area contributed by atoms with Crippen LogP contribution in [0.2, 0.25) is 0 Å². The number of carbonyl (C=O) groups excluding carboxylic acids is 2. The quantitative estimate of drug-likeness (QED) is 0.758. The first-order chi connectivity index (χ1) is 10.8. The molecule has 110 valence electrons. The standard InChI is InChI=1S/C20H14O2.2Li.2H/c21-17-11-9-13-5-1-3-7-15(13)19(17)20-16-8-4-2-6-14(16)10-12-18(20)22;;;;/h1-12,19-20H;;;;. The van der Waals surface area contributed by atoms with Gasteiger partial charge in [0.2, 0.25) is 0 Å². The van der Waals surface area contributed by atoms with Crippen LogP contribution >= 0.6 is 0 Å². The van der Waals surface area contributed by atoms with E-state index in [1.807, 2.05) is 60.7 Å². The van der Waals surface area contributed by atoms with E-state index in [2.05, 4.69) is 0 Å². The molecular formula is C20H16Li2O2.